The standard InChI is InChI=1S/C7H9O3P/c1-10-6-2-4-7(5-3-6)11(8)9/h2-5,8-9H,1H3. The highest BCUT2D eigenvalue weighted by Crippen LogP contribution is 2.22. The van der Waals surface area contributed by atoms with E-state index in [2.05, 4.69) is 0 Å². The second-order valence-electron chi connectivity index (χ2n) is 1.99. The maximum atomic E-state index is 8.77. The van der Waals surface area contributed by atoms with Gasteiger partial charge in [-0.1, -0.05) is 0 Å². The van der Waals surface area contributed by atoms with Gasteiger partial charge >= 0.3 is 0 Å². The Morgan fingerprint density at radius 3 is 2.09 bits per heavy atom. The average molecular weight is 172 g/mol. The van der Waals surface area contributed by atoms with Crippen molar-refractivity contribution in [2.45, 2.75) is 0 Å². The zero-order valence-corrected chi connectivity index (χ0v) is 6.95. The summed E-state index contributed by atoms with van der Waals surface area (Å²) in [5.41, 5.74) is 0. The van der Waals surface area contributed by atoms with Crippen LogP contribution in [0.3, 0.4) is 0 Å². The van der Waals surface area contributed by atoms with E-state index in [1.54, 1.807) is 31.4 Å². The molecule has 0 spiro atoms. The van der Waals surface area contributed by atoms with Crippen LogP contribution in [0.5, 0.6) is 5.75 Å². The molecule has 0 aromatic heterocycles. The second-order valence-corrected chi connectivity index (χ2v) is 3.08. The Morgan fingerprint density at radius 2 is 1.73 bits per heavy atom. The molecule has 3 nitrogen and oxygen atoms in total. The Balaban J connectivity index is 2.83. The molecule has 0 fully saturated rings. The van der Waals surface area contributed by atoms with Crippen molar-refractivity contribution < 1.29 is 14.5 Å². The third kappa shape index (κ3) is 2.15. The third-order valence-electron chi connectivity index (χ3n) is 1.30. The molecule has 2 N–H and O–H groups in total. The summed E-state index contributed by atoms with van der Waals surface area (Å²) in [5, 5.41) is 0.529. The van der Waals surface area contributed by atoms with Crippen LogP contribution in [-0.4, -0.2) is 16.9 Å². The second kappa shape index (κ2) is 3.67. The number of rotatable bonds is 2. The lowest BCUT2D eigenvalue weighted by Gasteiger charge is -2.02. The SMILES string of the molecule is COc1ccc(P(O)O)cc1. The Morgan fingerprint density at radius 1 is 1.18 bits per heavy atom. The summed E-state index contributed by atoms with van der Waals surface area (Å²) < 4.78 is 4.89. The van der Waals surface area contributed by atoms with Crippen molar-refractivity contribution in [1.82, 2.24) is 0 Å². The van der Waals surface area contributed by atoms with Crippen LogP contribution < -0.4 is 10.0 Å². The fourth-order valence-electron chi connectivity index (χ4n) is 0.716. The van der Waals surface area contributed by atoms with Gasteiger partial charge in [-0.2, -0.15) is 0 Å². The first-order valence-electron chi connectivity index (χ1n) is 3.06. The minimum absolute atomic E-state index is 0.529. The van der Waals surface area contributed by atoms with Crippen molar-refractivity contribution in [3.8, 4) is 5.75 Å². The first-order valence-corrected chi connectivity index (χ1v) is 4.30. The molecule has 0 unspecified atom stereocenters. The highest BCUT2D eigenvalue weighted by Gasteiger charge is 2.01. The van der Waals surface area contributed by atoms with Crippen LogP contribution in [-0.2, 0) is 0 Å². The molecule has 0 radical (unpaired) electrons. The lowest BCUT2D eigenvalue weighted by Crippen LogP contribution is -1.98. The highest BCUT2D eigenvalue weighted by molar-refractivity contribution is 7.54. The molecule has 4 heteroatoms. The van der Waals surface area contributed by atoms with Crippen LogP contribution >= 0.6 is 8.38 Å². The normalized spacial score (nSPS) is 10.2. The number of ether oxygens (including phenoxy) is 1. The smallest absolute Gasteiger partial charge is 0.199 e. The quantitative estimate of drug-likeness (QED) is 0.643. The van der Waals surface area contributed by atoms with Crippen molar-refractivity contribution in [3.05, 3.63) is 24.3 Å². The largest absolute Gasteiger partial charge is 0.497 e. The molecule has 0 saturated heterocycles. The van der Waals surface area contributed by atoms with Gasteiger partial charge in [0.05, 0.1) is 7.11 Å². The van der Waals surface area contributed by atoms with Crippen molar-refractivity contribution in [1.29, 1.82) is 0 Å². The molecule has 0 aliphatic carbocycles. The molecule has 0 amide bonds. The van der Waals surface area contributed by atoms with Gasteiger partial charge < -0.3 is 14.5 Å². The van der Waals surface area contributed by atoms with E-state index in [-0.39, 0.29) is 0 Å². The minimum atomic E-state index is -1.97. The number of hydrogen-bond donors (Lipinski definition) is 2. The van der Waals surface area contributed by atoms with Crippen molar-refractivity contribution >= 4 is 13.7 Å². The molecule has 0 saturated carbocycles. The van der Waals surface area contributed by atoms with Gasteiger partial charge in [0, 0.05) is 5.30 Å². The number of methoxy groups -OCH3 is 1. The van der Waals surface area contributed by atoms with E-state index >= 15 is 0 Å². The van der Waals surface area contributed by atoms with Gasteiger partial charge in [0.2, 0.25) is 0 Å². The van der Waals surface area contributed by atoms with E-state index < -0.39 is 8.38 Å². The van der Waals surface area contributed by atoms with E-state index in [0.29, 0.717) is 11.1 Å². The molecule has 0 heterocycles. The molecule has 1 aromatic rings. The molecule has 11 heavy (non-hydrogen) atoms. The van der Waals surface area contributed by atoms with Gasteiger partial charge in [0.25, 0.3) is 0 Å². The maximum Gasteiger partial charge on any atom is 0.199 e. The van der Waals surface area contributed by atoms with Crippen LogP contribution in [0.2, 0.25) is 0 Å². The van der Waals surface area contributed by atoms with Crippen molar-refractivity contribution in [2.75, 3.05) is 7.11 Å². The van der Waals surface area contributed by atoms with Gasteiger partial charge in [-0.05, 0) is 24.3 Å². The Kier molecular flexibility index (Phi) is 2.83. The number of benzene rings is 1. The predicted octanol–water partition coefficient (Wildman–Crippen LogP) is 0.617. The van der Waals surface area contributed by atoms with Crippen molar-refractivity contribution in [3.63, 3.8) is 0 Å². The first kappa shape index (κ1) is 8.47. The highest BCUT2D eigenvalue weighted by atomic mass is 31.2. The predicted molar refractivity (Wildman–Crippen MR) is 44.0 cm³/mol. The molecule has 1 rings (SSSR count). The van der Waals surface area contributed by atoms with Gasteiger partial charge in [0.1, 0.15) is 5.75 Å². The molecular formula is C7H9O3P. The van der Waals surface area contributed by atoms with E-state index in [4.69, 9.17) is 14.5 Å². The van der Waals surface area contributed by atoms with Gasteiger partial charge in [-0.15, -0.1) is 0 Å². The Hall–Kier alpha value is -0.630. The molecule has 0 aliphatic rings. The topological polar surface area (TPSA) is 49.7 Å². The van der Waals surface area contributed by atoms with E-state index in [0.717, 1.165) is 0 Å². The average Bonchev–Trinajstić information content (AvgIpc) is 2.05. The van der Waals surface area contributed by atoms with Gasteiger partial charge in [0.15, 0.2) is 8.38 Å². The summed E-state index contributed by atoms with van der Waals surface area (Å²) in [6.45, 7) is 0. The fraction of sp³-hybridized carbons (Fsp3) is 0.143. The molecule has 0 aliphatic heterocycles. The van der Waals surface area contributed by atoms with Crippen LogP contribution in [0, 0.1) is 0 Å². The van der Waals surface area contributed by atoms with Crippen LogP contribution in [0.25, 0.3) is 0 Å². The monoisotopic (exact) mass is 172 g/mol. The fourth-order valence-corrected chi connectivity index (χ4v) is 1.13. The summed E-state index contributed by atoms with van der Waals surface area (Å²) >= 11 is 0. The third-order valence-corrected chi connectivity index (χ3v) is 2.06. The molecule has 1 aromatic carbocycles. The Bertz CT molecular complexity index is 220. The zero-order valence-electron chi connectivity index (χ0n) is 6.06. The zero-order chi connectivity index (χ0) is 8.27. The van der Waals surface area contributed by atoms with Gasteiger partial charge in [-0.3, -0.25) is 0 Å². The van der Waals surface area contributed by atoms with Crippen LogP contribution in [0.1, 0.15) is 0 Å². The van der Waals surface area contributed by atoms with Crippen LogP contribution in [0.4, 0.5) is 0 Å². The van der Waals surface area contributed by atoms with E-state index in [1.807, 2.05) is 0 Å². The molecule has 60 valence electrons. The Labute approximate surface area is 66.2 Å². The lowest BCUT2D eigenvalue weighted by molar-refractivity contribution is 0.415. The molecule has 0 atom stereocenters. The van der Waals surface area contributed by atoms with Crippen LogP contribution in [0.15, 0.2) is 24.3 Å². The van der Waals surface area contributed by atoms with Crippen molar-refractivity contribution in [2.24, 2.45) is 0 Å². The first-order chi connectivity index (χ1) is 5.24. The summed E-state index contributed by atoms with van der Waals surface area (Å²) in [6.07, 6.45) is 0. The summed E-state index contributed by atoms with van der Waals surface area (Å²) in [7, 11) is -0.403. The van der Waals surface area contributed by atoms with E-state index in [9.17, 15) is 0 Å². The van der Waals surface area contributed by atoms with Gasteiger partial charge in [-0.25, -0.2) is 0 Å². The summed E-state index contributed by atoms with van der Waals surface area (Å²) in [4.78, 5) is 17.5. The van der Waals surface area contributed by atoms with E-state index in [1.165, 1.54) is 0 Å². The molecule has 0 bridgehead atoms. The summed E-state index contributed by atoms with van der Waals surface area (Å²) in [6, 6.07) is 6.64. The molecular weight excluding hydrogens is 163 g/mol. The maximum absolute atomic E-state index is 8.77. The number of hydrogen-bond acceptors (Lipinski definition) is 3. The minimum Gasteiger partial charge on any atom is -0.497 e. The lowest BCUT2D eigenvalue weighted by atomic mass is 10.3. The summed E-state index contributed by atoms with van der Waals surface area (Å²) in [5.74, 6) is 0.714.